The van der Waals surface area contributed by atoms with Gasteiger partial charge in [0.1, 0.15) is 41.6 Å². The van der Waals surface area contributed by atoms with Crippen LogP contribution in [0.15, 0.2) is 12.1 Å². The molecule has 59 heavy (non-hydrogen) atoms. The molecule has 2 heterocycles. The summed E-state index contributed by atoms with van der Waals surface area (Å²) in [7, 11) is 1.26. The fraction of sp³-hybridized carbons (Fsp3) is 0.595. The monoisotopic (exact) mass is 842 g/mol. The van der Waals surface area contributed by atoms with Crippen molar-refractivity contribution in [1.29, 1.82) is 0 Å². The summed E-state index contributed by atoms with van der Waals surface area (Å²) in [4.78, 5) is 111. The van der Waals surface area contributed by atoms with Gasteiger partial charge in [-0.25, -0.2) is 0 Å². The van der Waals surface area contributed by atoms with Crippen LogP contribution in [-0.4, -0.2) is 135 Å². The maximum atomic E-state index is 13.0. The molecule has 0 N–H and O–H groups in total. The van der Waals surface area contributed by atoms with E-state index in [-0.39, 0.29) is 22.8 Å². The summed E-state index contributed by atoms with van der Waals surface area (Å²) < 4.78 is 72.8. The highest BCUT2D eigenvalue weighted by molar-refractivity contribution is 6.00. The average Bonchev–Trinajstić information content (AvgIpc) is 3.09. The number of Topliss-reactive ketones (excluding diaryl/α,β-unsaturated/α-hetero) is 1. The van der Waals surface area contributed by atoms with E-state index >= 15 is 0 Å². The molecule has 2 aliphatic heterocycles. The predicted molar refractivity (Wildman–Crippen MR) is 188 cm³/mol. The van der Waals surface area contributed by atoms with Gasteiger partial charge in [-0.3, -0.25) is 43.2 Å². The van der Waals surface area contributed by atoms with Crippen molar-refractivity contribution in [3.05, 3.63) is 17.7 Å². The quantitative estimate of drug-likeness (QED) is 0.0964. The number of ether oxygens (including phenoxy) is 13. The summed E-state index contributed by atoms with van der Waals surface area (Å²) in [6.45, 7) is 8.10. The predicted octanol–water partition coefficient (Wildman–Crippen LogP) is 0.822. The molecule has 10 atom stereocenters. The van der Waals surface area contributed by atoms with Crippen LogP contribution in [0.2, 0.25) is 0 Å². The standard InChI is InChI=1S/C37H46O22/c1-15(38)29-25(50-17(3)40)11-24(47-10)12-26(29)58-37-35(56-23(9)46)33(54-21(7)44)34(55-22(8)45)36(59-37)49-14-28-31(52-19(5)42)32(53-20(6)43)30(51-18(4)41)27(57-28)13-48-16(2)39/h11-12,27-28,30-37H,13-14H2,1-10H3/t27-,28-,30-,31+,32+,33+,34+,35-,36+,37?/m0/s1. The highest BCUT2D eigenvalue weighted by Gasteiger charge is 2.56. The Morgan fingerprint density at radius 3 is 1.36 bits per heavy atom. The van der Waals surface area contributed by atoms with Crippen LogP contribution >= 0.6 is 0 Å². The van der Waals surface area contributed by atoms with Gasteiger partial charge >= 0.3 is 47.8 Å². The molecule has 326 valence electrons. The van der Waals surface area contributed by atoms with Crippen LogP contribution in [0.1, 0.15) is 72.7 Å². The normalized spacial score (nSPS) is 26.1. The van der Waals surface area contributed by atoms with Crippen molar-refractivity contribution in [1.82, 2.24) is 0 Å². The van der Waals surface area contributed by atoms with E-state index in [0.29, 0.717) is 0 Å². The minimum atomic E-state index is -1.90. The highest BCUT2D eigenvalue weighted by Crippen LogP contribution is 2.39. The average molecular weight is 843 g/mol. The van der Waals surface area contributed by atoms with Crippen molar-refractivity contribution in [2.75, 3.05) is 20.3 Å². The zero-order valence-corrected chi connectivity index (χ0v) is 33.8. The number of esters is 8. The van der Waals surface area contributed by atoms with Crippen LogP contribution in [0.4, 0.5) is 0 Å². The Labute approximate surface area is 337 Å². The van der Waals surface area contributed by atoms with E-state index in [1.165, 1.54) is 19.2 Å². The Hall–Kier alpha value is -5.87. The van der Waals surface area contributed by atoms with Crippen molar-refractivity contribution in [2.24, 2.45) is 0 Å². The van der Waals surface area contributed by atoms with E-state index < -0.39 is 128 Å². The van der Waals surface area contributed by atoms with Gasteiger partial charge in [0, 0.05) is 67.5 Å². The smallest absolute Gasteiger partial charge is 0.308 e. The van der Waals surface area contributed by atoms with Gasteiger partial charge in [-0.1, -0.05) is 0 Å². The number of ketones is 1. The first kappa shape index (κ1) is 47.5. The Bertz CT molecular complexity index is 1770. The van der Waals surface area contributed by atoms with Gasteiger partial charge in [0.05, 0.1) is 13.7 Å². The second-order valence-corrected chi connectivity index (χ2v) is 12.9. The first-order valence-electron chi connectivity index (χ1n) is 17.8. The molecule has 0 radical (unpaired) electrons. The van der Waals surface area contributed by atoms with E-state index in [0.717, 1.165) is 62.3 Å². The van der Waals surface area contributed by atoms with Crippen molar-refractivity contribution in [3.63, 3.8) is 0 Å². The van der Waals surface area contributed by atoms with Crippen molar-refractivity contribution in [2.45, 2.75) is 124 Å². The third-order valence-corrected chi connectivity index (χ3v) is 7.99. The molecule has 0 aliphatic carbocycles. The molecule has 0 saturated carbocycles. The van der Waals surface area contributed by atoms with Crippen molar-refractivity contribution < 1.29 is 105 Å². The zero-order chi connectivity index (χ0) is 44.3. The minimum absolute atomic E-state index is 0.0203. The summed E-state index contributed by atoms with van der Waals surface area (Å²) in [5, 5.41) is 0. The van der Waals surface area contributed by atoms with E-state index in [4.69, 9.17) is 61.6 Å². The van der Waals surface area contributed by atoms with Gasteiger partial charge < -0.3 is 61.6 Å². The highest BCUT2D eigenvalue weighted by atomic mass is 16.8. The van der Waals surface area contributed by atoms with Gasteiger partial charge in [0.25, 0.3) is 0 Å². The molecular weight excluding hydrogens is 796 g/mol. The van der Waals surface area contributed by atoms with Crippen molar-refractivity contribution >= 4 is 53.5 Å². The summed E-state index contributed by atoms with van der Waals surface area (Å²) >= 11 is 0. The number of carbonyl (C=O) groups excluding carboxylic acids is 9. The summed E-state index contributed by atoms with van der Waals surface area (Å²) in [5.74, 6) is -8.43. The van der Waals surface area contributed by atoms with Crippen molar-refractivity contribution in [3.8, 4) is 17.2 Å². The number of benzene rings is 1. The Kier molecular flexibility index (Phi) is 17.1. The lowest BCUT2D eigenvalue weighted by molar-refractivity contribution is -0.344. The molecule has 1 unspecified atom stereocenters. The molecule has 22 heteroatoms. The van der Waals surface area contributed by atoms with E-state index in [9.17, 15) is 43.2 Å². The van der Waals surface area contributed by atoms with Crippen LogP contribution in [0, 0.1) is 0 Å². The molecule has 0 aromatic heterocycles. The Morgan fingerprint density at radius 1 is 0.492 bits per heavy atom. The van der Waals surface area contributed by atoms with Crippen LogP contribution in [0.25, 0.3) is 0 Å². The summed E-state index contributed by atoms with van der Waals surface area (Å²) in [5.41, 5.74) is -0.299. The molecule has 22 nitrogen and oxygen atoms in total. The molecule has 0 bridgehead atoms. The number of carbonyl (C=O) groups is 9. The largest absolute Gasteiger partial charge is 0.496 e. The van der Waals surface area contributed by atoms with E-state index in [2.05, 4.69) is 0 Å². The topological polar surface area (TPSA) is 274 Å². The minimum Gasteiger partial charge on any atom is -0.496 e. The molecule has 2 fully saturated rings. The first-order valence-corrected chi connectivity index (χ1v) is 17.8. The van der Waals surface area contributed by atoms with Crippen LogP contribution in [0.5, 0.6) is 17.2 Å². The fourth-order valence-electron chi connectivity index (χ4n) is 6.09. The summed E-state index contributed by atoms with van der Waals surface area (Å²) in [6, 6.07) is 2.44. The van der Waals surface area contributed by atoms with Crippen LogP contribution < -0.4 is 14.2 Å². The van der Waals surface area contributed by atoms with Crippen LogP contribution in [-0.2, 0) is 85.7 Å². The first-order chi connectivity index (χ1) is 27.6. The number of hydrogen-bond donors (Lipinski definition) is 0. The summed E-state index contributed by atoms with van der Waals surface area (Å²) in [6.07, 6.45) is -16.6. The number of methoxy groups -OCH3 is 1. The Morgan fingerprint density at radius 2 is 0.915 bits per heavy atom. The lowest BCUT2D eigenvalue weighted by Gasteiger charge is -2.46. The number of rotatable bonds is 16. The molecule has 0 spiro atoms. The maximum absolute atomic E-state index is 13.0. The molecule has 2 aliphatic rings. The number of hydrogen-bond acceptors (Lipinski definition) is 22. The van der Waals surface area contributed by atoms with Gasteiger partial charge in [-0.15, -0.1) is 0 Å². The molecule has 1 aromatic rings. The van der Waals surface area contributed by atoms with Gasteiger partial charge in [0.15, 0.2) is 36.3 Å². The SMILES string of the molecule is COc1cc(OC(C)=O)c(C(C)=O)c(OC2O[C@@H](OC[C@@H]3O[C@@H](COC(C)=O)[C@H](OC(C)=O)[C@@H](OC(C)=O)[C@@H]3OC(C)=O)[C@H](OC(C)=O)[C@@H](OC(C)=O)[C@@H]2OC(C)=O)c1. The maximum Gasteiger partial charge on any atom is 0.308 e. The zero-order valence-electron chi connectivity index (χ0n) is 33.8. The third-order valence-electron chi connectivity index (χ3n) is 7.99. The lowest BCUT2D eigenvalue weighted by Crippen LogP contribution is -2.65. The van der Waals surface area contributed by atoms with Gasteiger partial charge in [-0.2, -0.15) is 0 Å². The van der Waals surface area contributed by atoms with Gasteiger partial charge in [0.2, 0.25) is 18.7 Å². The van der Waals surface area contributed by atoms with E-state index in [1.807, 2.05) is 0 Å². The lowest BCUT2D eigenvalue weighted by atomic mass is 9.94. The molecule has 3 rings (SSSR count). The molecule has 1 aromatic carbocycles. The third kappa shape index (κ3) is 13.6. The second kappa shape index (κ2) is 21.2. The molecular formula is C37H46O22. The Balaban J connectivity index is 2.20. The molecule has 2 saturated heterocycles. The van der Waals surface area contributed by atoms with Gasteiger partial charge in [-0.05, 0) is 6.92 Å². The van der Waals surface area contributed by atoms with Crippen LogP contribution in [0.3, 0.4) is 0 Å². The molecule has 0 amide bonds. The van der Waals surface area contributed by atoms with E-state index in [1.54, 1.807) is 0 Å². The second-order valence-electron chi connectivity index (χ2n) is 12.9. The fourth-order valence-corrected chi connectivity index (χ4v) is 6.09.